The molecule has 0 spiro atoms. The predicted octanol–water partition coefficient (Wildman–Crippen LogP) is 1.35. The van der Waals surface area contributed by atoms with E-state index in [-0.39, 0.29) is 18.1 Å². The van der Waals surface area contributed by atoms with E-state index in [1.54, 1.807) is 24.3 Å². The van der Waals surface area contributed by atoms with Gasteiger partial charge >= 0.3 is 0 Å². The first-order chi connectivity index (χ1) is 7.74. The average molecular weight is 218 g/mol. The van der Waals surface area contributed by atoms with Crippen LogP contribution in [0.25, 0.3) is 0 Å². The van der Waals surface area contributed by atoms with E-state index in [1.165, 1.54) is 0 Å². The average Bonchev–Trinajstić information content (AvgIpc) is 2.28. The minimum absolute atomic E-state index is 0.134. The van der Waals surface area contributed by atoms with Crippen LogP contribution in [0.2, 0.25) is 0 Å². The zero-order chi connectivity index (χ0) is 11.8. The zero-order valence-corrected chi connectivity index (χ0v) is 8.94. The van der Waals surface area contributed by atoms with Crippen LogP contribution < -0.4 is 5.32 Å². The summed E-state index contributed by atoms with van der Waals surface area (Å²) in [7, 11) is 0. The summed E-state index contributed by atoms with van der Waals surface area (Å²) in [6.07, 6.45) is 1.26. The van der Waals surface area contributed by atoms with Gasteiger partial charge < -0.3 is 10.4 Å². The third-order valence-corrected chi connectivity index (χ3v) is 2.13. The number of carbonyl (C=O) groups excluding carboxylic acids is 1. The van der Waals surface area contributed by atoms with Gasteiger partial charge in [0.2, 0.25) is 5.91 Å². The lowest BCUT2D eigenvalue weighted by atomic mass is 10.1. The van der Waals surface area contributed by atoms with Gasteiger partial charge in [0, 0.05) is 18.5 Å². The number of unbranched alkanes of at least 4 members (excludes halogenated alkanes) is 1. The van der Waals surface area contributed by atoms with Gasteiger partial charge in [0.25, 0.3) is 0 Å². The minimum atomic E-state index is -0.139. The van der Waals surface area contributed by atoms with Crippen LogP contribution in [-0.4, -0.2) is 17.6 Å². The Morgan fingerprint density at radius 1 is 1.44 bits per heavy atom. The Kier molecular flexibility index (Phi) is 4.87. The standard InChI is InChI=1S/C12H14N2O2/c13-7-3-4-8-14-12(16)9-10-5-1-2-6-11(10)15/h1-2,5-6,15H,3-4,8-9H2,(H,14,16). The van der Waals surface area contributed by atoms with Gasteiger partial charge in [0.1, 0.15) is 5.75 Å². The van der Waals surface area contributed by atoms with Crippen molar-refractivity contribution in [1.29, 1.82) is 5.26 Å². The van der Waals surface area contributed by atoms with Crippen molar-refractivity contribution in [3.8, 4) is 11.8 Å². The number of rotatable bonds is 5. The fourth-order valence-corrected chi connectivity index (χ4v) is 1.29. The second-order valence-corrected chi connectivity index (χ2v) is 3.42. The lowest BCUT2D eigenvalue weighted by Crippen LogP contribution is -2.26. The summed E-state index contributed by atoms with van der Waals surface area (Å²) in [4.78, 5) is 11.4. The molecule has 0 bridgehead atoms. The quantitative estimate of drug-likeness (QED) is 0.733. The van der Waals surface area contributed by atoms with Crippen molar-refractivity contribution >= 4 is 5.91 Å². The van der Waals surface area contributed by atoms with Crippen LogP contribution in [0.5, 0.6) is 5.75 Å². The van der Waals surface area contributed by atoms with E-state index in [0.717, 1.165) is 0 Å². The van der Waals surface area contributed by atoms with Crippen molar-refractivity contribution < 1.29 is 9.90 Å². The fraction of sp³-hybridized carbons (Fsp3) is 0.333. The number of hydrogen-bond donors (Lipinski definition) is 2. The van der Waals surface area contributed by atoms with E-state index in [0.29, 0.717) is 24.9 Å². The molecule has 16 heavy (non-hydrogen) atoms. The van der Waals surface area contributed by atoms with E-state index in [2.05, 4.69) is 5.32 Å². The number of nitrogens with zero attached hydrogens (tertiary/aromatic N) is 1. The first kappa shape index (κ1) is 12.1. The van der Waals surface area contributed by atoms with E-state index < -0.39 is 0 Å². The number of nitriles is 1. The van der Waals surface area contributed by atoms with Crippen molar-refractivity contribution in [2.45, 2.75) is 19.3 Å². The third-order valence-electron chi connectivity index (χ3n) is 2.13. The van der Waals surface area contributed by atoms with Crippen molar-refractivity contribution in [3.63, 3.8) is 0 Å². The molecule has 0 aliphatic heterocycles. The van der Waals surface area contributed by atoms with Crippen LogP contribution in [-0.2, 0) is 11.2 Å². The van der Waals surface area contributed by atoms with Gasteiger partial charge in [-0.2, -0.15) is 5.26 Å². The molecule has 1 amide bonds. The minimum Gasteiger partial charge on any atom is -0.508 e. The summed E-state index contributed by atoms with van der Waals surface area (Å²) in [5, 5.41) is 20.4. The molecule has 0 unspecified atom stereocenters. The Balaban J connectivity index is 2.35. The smallest absolute Gasteiger partial charge is 0.224 e. The predicted molar refractivity (Wildman–Crippen MR) is 59.7 cm³/mol. The summed E-state index contributed by atoms with van der Waals surface area (Å²) in [5.74, 6) is -0.00545. The van der Waals surface area contributed by atoms with Gasteiger partial charge in [0.05, 0.1) is 12.5 Å². The van der Waals surface area contributed by atoms with E-state index in [1.807, 2.05) is 6.07 Å². The number of carbonyl (C=O) groups is 1. The summed E-state index contributed by atoms with van der Waals surface area (Å²) in [6, 6.07) is 8.76. The van der Waals surface area contributed by atoms with Gasteiger partial charge in [-0.25, -0.2) is 0 Å². The number of phenolic OH excluding ortho intramolecular Hbond substituents is 1. The SMILES string of the molecule is N#CCCCNC(=O)Cc1ccccc1O. The fourth-order valence-electron chi connectivity index (χ4n) is 1.29. The molecule has 0 aliphatic carbocycles. The number of benzene rings is 1. The largest absolute Gasteiger partial charge is 0.508 e. The molecular formula is C12H14N2O2. The van der Waals surface area contributed by atoms with E-state index in [4.69, 9.17) is 5.26 Å². The highest BCUT2D eigenvalue weighted by molar-refractivity contribution is 5.79. The maximum Gasteiger partial charge on any atom is 0.224 e. The molecule has 0 heterocycles. The maximum absolute atomic E-state index is 11.4. The Morgan fingerprint density at radius 3 is 2.88 bits per heavy atom. The molecule has 4 nitrogen and oxygen atoms in total. The summed E-state index contributed by atoms with van der Waals surface area (Å²) >= 11 is 0. The Bertz CT molecular complexity index is 396. The van der Waals surface area contributed by atoms with Crippen LogP contribution in [0.4, 0.5) is 0 Å². The zero-order valence-electron chi connectivity index (χ0n) is 8.94. The van der Waals surface area contributed by atoms with E-state index >= 15 is 0 Å². The highest BCUT2D eigenvalue weighted by Crippen LogP contribution is 2.15. The van der Waals surface area contributed by atoms with Gasteiger partial charge in [-0.3, -0.25) is 4.79 Å². The normalized spacial score (nSPS) is 9.44. The molecule has 84 valence electrons. The van der Waals surface area contributed by atoms with Gasteiger partial charge in [-0.05, 0) is 12.5 Å². The molecule has 2 N–H and O–H groups in total. The van der Waals surface area contributed by atoms with Gasteiger partial charge in [-0.1, -0.05) is 18.2 Å². The first-order valence-electron chi connectivity index (χ1n) is 5.14. The second-order valence-electron chi connectivity index (χ2n) is 3.42. The first-order valence-corrected chi connectivity index (χ1v) is 5.14. The summed E-state index contributed by atoms with van der Waals surface area (Å²) in [5.41, 5.74) is 0.611. The van der Waals surface area contributed by atoms with E-state index in [9.17, 15) is 9.90 Å². The van der Waals surface area contributed by atoms with Crippen LogP contribution in [0, 0.1) is 11.3 Å². The number of aromatic hydroxyl groups is 1. The molecule has 0 aromatic heterocycles. The lowest BCUT2D eigenvalue weighted by Gasteiger charge is -2.05. The number of para-hydroxylation sites is 1. The van der Waals surface area contributed by atoms with Gasteiger partial charge in [-0.15, -0.1) is 0 Å². The van der Waals surface area contributed by atoms with Crippen LogP contribution in [0.3, 0.4) is 0 Å². The monoisotopic (exact) mass is 218 g/mol. The Labute approximate surface area is 94.5 Å². The maximum atomic E-state index is 11.4. The van der Waals surface area contributed by atoms with Crippen LogP contribution in [0.15, 0.2) is 24.3 Å². The molecule has 4 heteroatoms. The second kappa shape index (κ2) is 6.46. The Hall–Kier alpha value is -2.02. The van der Waals surface area contributed by atoms with Crippen molar-refractivity contribution in [3.05, 3.63) is 29.8 Å². The molecule has 0 saturated carbocycles. The van der Waals surface area contributed by atoms with Crippen LogP contribution in [0.1, 0.15) is 18.4 Å². The molecule has 1 aromatic carbocycles. The highest BCUT2D eigenvalue weighted by atomic mass is 16.3. The van der Waals surface area contributed by atoms with Crippen molar-refractivity contribution in [1.82, 2.24) is 5.32 Å². The molecular weight excluding hydrogens is 204 g/mol. The van der Waals surface area contributed by atoms with Crippen molar-refractivity contribution in [2.24, 2.45) is 0 Å². The molecule has 0 aliphatic rings. The molecule has 0 radical (unpaired) electrons. The molecule has 1 aromatic rings. The number of phenols is 1. The Morgan fingerprint density at radius 2 is 2.19 bits per heavy atom. The summed E-state index contributed by atoms with van der Waals surface area (Å²) < 4.78 is 0. The van der Waals surface area contributed by atoms with Crippen molar-refractivity contribution in [2.75, 3.05) is 6.54 Å². The summed E-state index contributed by atoms with van der Waals surface area (Å²) in [6.45, 7) is 0.500. The highest BCUT2D eigenvalue weighted by Gasteiger charge is 2.05. The molecule has 0 atom stereocenters. The van der Waals surface area contributed by atoms with Crippen LogP contribution >= 0.6 is 0 Å². The molecule has 1 rings (SSSR count). The number of nitrogens with one attached hydrogen (secondary N) is 1. The topological polar surface area (TPSA) is 73.1 Å². The number of amides is 1. The number of hydrogen-bond acceptors (Lipinski definition) is 3. The third kappa shape index (κ3) is 4.01. The molecule has 0 saturated heterocycles. The van der Waals surface area contributed by atoms with Gasteiger partial charge in [0.15, 0.2) is 0 Å². The lowest BCUT2D eigenvalue weighted by molar-refractivity contribution is -0.120. The molecule has 0 fully saturated rings.